The molecule has 2 heterocycles. The number of aromatic nitrogens is 3. The summed E-state index contributed by atoms with van der Waals surface area (Å²) in [5, 5.41) is 0. The van der Waals surface area contributed by atoms with Crippen molar-refractivity contribution in [2.75, 3.05) is 0 Å². The number of pyridine rings is 1. The molecule has 1 amide bonds. The molecular formula is C22H24N4O. The van der Waals surface area contributed by atoms with E-state index in [2.05, 4.69) is 15.0 Å². The van der Waals surface area contributed by atoms with Gasteiger partial charge >= 0.3 is 0 Å². The van der Waals surface area contributed by atoms with Gasteiger partial charge in [-0.3, -0.25) is 9.78 Å². The first-order valence-electron chi connectivity index (χ1n) is 9.22. The van der Waals surface area contributed by atoms with Crippen LogP contribution in [-0.4, -0.2) is 25.8 Å². The normalized spacial score (nSPS) is 10.6. The van der Waals surface area contributed by atoms with Crippen LogP contribution in [0.3, 0.4) is 0 Å². The summed E-state index contributed by atoms with van der Waals surface area (Å²) in [6.45, 7) is 4.91. The number of hydrogen-bond acceptors (Lipinski definition) is 4. The first kappa shape index (κ1) is 18.7. The van der Waals surface area contributed by atoms with E-state index in [1.807, 2.05) is 67.4 Å². The van der Waals surface area contributed by atoms with E-state index in [0.29, 0.717) is 25.3 Å². The van der Waals surface area contributed by atoms with Gasteiger partial charge in [0.1, 0.15) is 5.82 Å². The zero-order valence-corrected chi connectivity index (χ0v) is 15.8. The van der Waals surface area contributed by atoms with Crippen LogP contribution >= 0.6 is 0 Å². The maximum Gasteiger partial charge on any atom is 0.223 e. The number of amides is 1. The van der Waals surface area contributed by atoms with Gasteiger partial charge in [-0.1, -0.05) is 37.3 Å². The molecule has 0 spiro atoms. The first-order chi connectivity index (χ1) is 13.2. The van der Waals surface area contributed by atoms with Crippen LogP contribution in [0.15, 0.2) is 61.1 Å². The third-order valence-electron chi connectivity index (χ3n) is 4.35. The van der Waals surface area contributed by atoms with E-state index in [9.17, 15) is 4.79 Å². The SMILES string of the molecule is CCCC(=O)N(Cc1ccccc1)Cc1nc(C)ncc1-c1ccncc1. The van der Waals surface area contributed by atoms with Crippen molar-refractivity contribution in [3.8, 4) is 11.1 Å². The van der Waals surface area contributed by atoms with Crippen molar-refractivity contribution in [3.63, 3.8) is 0 Å². The van der Waals surface area contributed by atoms with Gasteiger partial charge in [0, 0.05) is 37.1 Å². The summed E-state index contributed by atoms with van der Waals surface area (Å²) in [6, 6.07) is 13.9. The summed E-state index contributed by atoms with van der Waals surface area (Å²) in [7, 11) is 0. The van der Waals surface area contributed by atoms with E-state index >= 15 is 0 Å². The number of hydrogen-bond donors (Lipinski definition) is 0. The molecule has 2 aromatic heterocycles. The van der Waals surface area contributed by atoms with E-state index in [-0.39, 0.29) is 5.91 Å². The van der Waals surface area contributed by atoms with Gasteiger partial charge in [0.2, 0.25) is 5.91 Å². The molecule has 1 aromatic carbocycles. The van der Waals surface area contributed by atoms with Gasteiger partial charge in [0.05, 0.1) is 12.2 Å². The molecule has 0 aliphatic heterocycles. The van der Waals surface area contributed by atoms with Crippen LogP contribution in [0.1, 0.15) is 36.8 Å². The Morgan fingerprint density at radius 1 is 1.04 bits per heavy atom. The lowest BCUT2D eigenvalue weighted by Gasteiger charge is -2.24. The Hall–Kier alpha value is -3.08. The Balaban J connectivity index is 1.93. The van der Waals surface area contributed by atoms with Crippen LogP contribution in [0.5, 0.6) is 0 Å². The van der Waals surface area contributed by atoms with E-state index in [4.69, 9.17) is 0 Å². The van der Waals surface area contributed by atoms with E-state index in [1.165, 1.54) is 0 Å². The Morgan fingerprint density at radius 2 is 1.78 bits per heavy atom. The molecule has 0 saturated carbocycles. The second-order valence-corrected chi connectivity index (χ2v) is 6.50. The molecule has 5 heteroatoms. The lowest BCUT2D eigenvalue weighted by atomic mass is 10.1. The van der Waals surface area contributed by atoms with Crippen molar-refractivity contribution >= 4 is 5.91 Å². The minimum absolute atomic E-state index is 0.137. The third-order valence-corrected chi connectivity index (χ3v) is 4.35. The Labute approximate surface area is 160 Å². The van der Waals surface area contributed by atoms with E-state index < -0.39 is 0 Å². The molecule has 0 aliphatic rings. The van der Waals surface area contributed by atoms with Crippen molar-refractivity contribution < 1.29 is 4.79 Å². The average molecular weight is 360 g/mol. The highest BCUT2D eigenvalue weighted by molar-refractivity contribution is 5.76. The molecule has 27 heavy (non-hydrogen) atoms. The molecule has 0 unspecified atom stereocenters. The smallest absolute Gasteiger partial charge is 0.223 e. The number of rotatable bonds is 7. The number of benzene rings is 1. The monoisotopic (exact) mass is 360 g/mol. The van der Waals surface area contributed by atoms with E-state index in [0.717, 1.165) is 28.8 Å². The van der Waals surface area contributed by atoms with Gasteiger partial charge in [0.15, 0.2) is 0 Å². The summed E-state index contributed by atoms with van der Waals surface area (Å²) < 4.78 is 0. The molecule has 3 rings (SSSR count). The third kappa shape index (κ3) is 4.97. The molecule has 0 fully saturated rings. The molecule has 0 bridgehead atoms. The number of carbonyl (C=O) groups excluding carboxylic acids is 1. The van der Waals surface area contributed by atoms with Gasteiger partial charge in [-0.25, -0.2) is 9.97 Å². The lowest BCUT2D eigenvalue weighted by Crippen LogP contribution is -2.30. The maximum atomic E-state index is 12.8. The fourth-order valence-electron chi connectivity index (χ4n) is 3.00. The second-order valence-electron chi connectivity index (χ2n) is 6.50. The Morgan fingerprint density at radius 3 is 2.48 bits per heavy atom. The summed E-state index contributed by atoms with van der Waals surface area (Å²) >= 11 is 0. The molecule has 0 atom stereocenters. The second kappa shape index (κ2) is 9.03. The van der Waals surface area contributed by atoms with Crippen LogP contribution in [0.2, 0.25) is 0 Å². The molecular weight excluding hydrogens is 336 g/mol. The number of aryl methyl sites for hydroxylation is 1. The van der Waals surface area contributed by atoms with Crippen LogP contribution in [0.4, 0.5) is 0 Å². The Bertz CT molecular complexity index is 881. The molecule has 0 radical (unpaired) electrons. The molecule has 3 aromatic rings. The summed E-state index contributed by atoms with van der Waals surface area (Å²) in [5.74, 6) is 0.837. The zero-order chi connectivity index (χ0) is 19.1. The van der Waals surface area contributed by atoms with Gasteiger partial charge in [-0.2, -0.15) is 0 Å². The molecule has 138 valence electrons. The highest BCUT2D eigenvalue weighted by Crippen LogP contribution is 2.23. The van der Waals surface area contributed by atoms with Crippen molar-refractivity contribution in [2.24, 2.45) is 0 Å². The van der Waals surface area contributed by atoms with Gasteiger partial charge in [-0.05, 0) is 36.6 Å². The fraction of sp³-hybridized carbons (Fsp3) is 0.273. The van der Waals surface area contributed by atoms with Crippen molar-refractivity contribution in [2.45, 2.75) is 39.8 Å². The number of nitrogens with zero attached hydrogens (tertiary/aromatic N) is 4. The highest BCUT2D eigenvalue weighted by atomic mass is 16.2. The zero-order valence-electron chi connectivity index (χ0n) is 15.8. The molecule has 5 nitrogen and oxygen atoms in total. The largest absolute Gasteiger partial charge is 0.332 e. The van der Waals surface area contributed by atoms with E-state index in [1.54, 1.807) is 12.4 Å². The Kier molecular flexibility index (Phi) is 6.26. The average Bonchev–Trinajstić information content (AvgIpc) is 2.69. The molecule has 0 N–H and O–H groups in total. The number of carbonyl (C=O) groups is 1. The predicted octanol–water partition coefficient (Wildman–Crippen LogP) is 4.18. The lowest BCUT2D eigenvalue weighted by molar-refractivity contribution is -0.132. The van der Waals surface area contributed by atoms with Crippen molar-refractivity contribution in [1.82, 2.24) is 19.9 Å². The summed E-state index contributed by atoms with van der Waals surface area (Å²) in [5.41, 5.74) is 3.90. The maximum absolute atomic E-state index is 12.8. The highest BCUT2D eigenvalue weighted by Gasteiger charge is 2.17. The fourth-order valence-corrected chi connectivity index (χ4v) is 3.00. The van der Waals surface area contributed by atoms with Gasteiger partial charge in [0.25, 0.3) is 0 Å². The standard InChI is InChI=1S/C22H24N4O/c1-3-7-22(27)26(15-18-8-5-4-6-9-18)16-21-20(14-24-17(2)25-21)19-10-12-23-13-11-19/h4-6,8-14H,3,7,15-16H2,1-2H3. The first-order valence-corrected chi connectivity index (χ1v) is 9.22. The minimum atomic E-state index is 0.137. The quantitative estimate of drug-likeness (QED) is 0.634. The van der Waals surface area contributed by atoms with Crippen LogP contribution in [0.25, 0.3) is 11.1 Å². The molecule has 0 aliphatic carbocycles. The van der Waals surface area contributed by atoms with Crippen LogP contribution in [-0.2, 0) is 17.9 Å². The predicted molar refractivity (Wildman–Crippen MR) is 106 cm³/mol. The molecule has 0 saturated heterocycles. The van der Waals surface area contributed by atoms with Gasteiger partial charge in [-0.15, -0.1) is 0 Å². The van der Waals surface area contributed by atoms with Crippen LogP contribution < -0.4 is 0 Å². The summed E-state index contributed by atoms with van der Waals surface area (Å²) in [6.07, 6.45) is 6.69. The van der Waals surface area contributed by atoms with Crippen molar-refractivity contribution in [1.29, 1.82) is 0 Å². The van der Waals surface area contributed by atoms with Gasteiger partial charge < -0.3 is 4.90 Å². The van der Waals surface area contributed by atoms with Crippen molar-refractivity contribution in [3.05, 3.63) is 78.1 Å². The minimum Gasteiger partial charge on any atom is -0.332 e. The van der Waals surface area contributed by atoms with Crippen LogP contribution in [0, 0.1) is 6.92 Å². The topological polar surface area (TPSA) is 59.0 Å². The summed E-state index contributed by atoms with van der Waals surface area (Å²) in [4.78, 5) is 27.7.